The molecule has 0 aromatic heterocycles. The molecule has 0 saturated heterocycles. The Hall–Kier alpha value is 0.0669. The number of hydrogen-bond donors (Lipinski definition) is 0. The van der Waals surface area contributed by atoms with E-state index in [4.69, 9.17) is 25.9 Å². The van der Waals surface area contributed by atoms with Crippen LogP contribution in [0.25, 0.3) is 0 Å². The zero-order valence-corrected chi connectivity index (χ0v) is 32.6. The second-order valence-electron chi connectivity index (χ2n) is 14.2. The van der Waals surface area contributed by atoms with E-state index in [1.165, 1.54) is 73.6 Å². The molecule has 0 unspecified atom stereocenters. The van der Waals surface area contributed by atoms with Crippen LogP contribution in [-0.4, -0.2) is 20.3 Å². The van der Waals surface area contributed by atoms with Crippen molar-refractivity contribution in [3.8, 4) is 11.5 Å². The van der Waals surface area contributed by atoms with Crippen molar-refractivity contribution in [1.82, 2.24) is 0 Å². The third kappa shape index (κ3) is 10.7. The zero-order valence-electron chi connectivity index (χ0n) is 26.6. The van der Waals surface area contributed by atoms with Gasteiger partial charge < -0.3 is 8.85 Å². The Labute approximate surface area is 257 Å². The molecule has 0 fully saturated rings. The van der Waals surface area contributed by atoms with E-state index in [9.17, 15) is 0 Å². The van der Waals surface area contributed by atoms with Crippen molar-refractivity contribution in [1.29, 1.82) is 0 Å². The Balaban J connectivity index is 0.000000234. The maximum atomic E-state index is 6.36. The molecule has 2 aromatic rings. The van der Waals surface area contributed by atoms with Crippen LogP contribution in [0.1, 0.15) is 96.4 Å². The molecule has 4 rings (SSSR count). The fraction of sp³-hybridized carbons (Fsp3) is 0.656. The fourth-order valence-corrected chi connectivity index (χ4v) is 6.37. The first-order valence-electron chi connectivity index (χ1n) is 14.8. The van der Waals surface area contributed by atoms with Crippen LogP contribution in [0.2, 0.25) is 36.3 Å². The molecule has 0 amide bonds. The molecule has 39 heavy (non-hydrogen) atoms. The van der Waals surface area contributed by atoms with Gasteiger partial charge in [0.05, 0.1) is 0 Å². The molecule has 0 bridgehead atoms. The van der Waals surface area contributed by atoms with E-state index in [0.29, 0.717) is 0 Å². The van der Waals surface area contributed by atoms with Gasteiger partial charge in [0.25, 0.3) is 0 Å². The summed E-state index contributed by atoms with van der Waals surface area (Å²) in [6.07, 6.45) is 10.4. The van der Waals surface area contributed by atoms with E-state index in [-0.39, 0.29) is 10.1 Å². The van der Waals surface area contributed by atoms with Crippen LogP contribution in [-0.2, 0) is 44.6 Å². The average molecular weight is 689 g/mol. The maximum absolute atomic E-state index is 6.36. The van der Waals surface area contributed by atoms with Gasteiger partial charge in [0.1, 0.15) is 0 Å². The number of halogens is 2. The van der Waals surface area contributed by atoms with Gasteiger partial charge in [-0.25, -0.2) is 0 Å². The third-order valence-corrected chi connectivity index (χ3v) is 21.3. The van der Waals surface area contributed by atoms with Crippen LogP contribution >= 0.6 is 17.0 Å². The van der Waals surface area contributed by atoms with E-state index in [2.05, 4.69) is 92.0 Å². The van der Waals surface area contributed by atoms with Crippen LogP contribution in [0.4, 0.5) is 0 Å². The van der Waals surface area contributed by atoms with Crippen LogP contribution in [0.3, 0.4) is 0 Å². The van der Waals surface area contributed by atoms with Crippen molar-refractivity contribution in [2.45, 2.75) is 136 Å². The van der Waals surface area contributed by atoms with E-state index in [1.54, 1.807) is 0 Å². The molecule has 2 nitrogen and oxygen atoms in total. The van der Waals surface area contributed by atoms with E-state index >= 15 is 0 Å². The fourth-order valence-electron chi connectivity index (χ4n) is 4.35. The predicted octanol–water partition coefficient (Wildman–Crippen LogP) is 11.1. The van der Waals surface area contributed by atoms with E-state index < -0.39 is 35.5 Å². The van der Waals surface area contributed by atoms with Crippen molar-refractivity contribution < 1.29 is 27.7 Å². The predicted molar refractivity (Wildman–Crippen MR) is 176 cm³/mol. The number of hydrogen-bond acceptors (Lipinski definition) is 2. The molecule has 7 heteroatoms. The van der Waals surface area contributed by atoms with Gasteiger partial charge in [-0.15, -0.1) is 12.1 Å². The molecule has 0 saturated carbocycles. The van der Waals surface area contributed by atoms with Gasteiger partial charge in [0, 0.05) is 0 Å². The van der Waals surface area contributed by atoms with E-state index in [0.717, 1.165) is 11.5 Å². The second kappa shape index (κ2) is 14.5. The molecule has 0 atom stereocenters. The molecule has 0 spiro atoms. The molecule has 222 valence electrons. The zero-order chi connectivity index (χ0) is 29.6. The first-order chi connectivity index (χ1) is 17.9. The quantitative estimate of drug-likeness (QED) is 0.235. The molecule has 0 aliphatic heterocycles. The minimum atomic E-state index is -1.76. The van der Waals surface area contributed by atoms with Crippen molar-refractivity contribution in [2.24, 2.45) is 0 Å². The van der Waals surface area contributed by atoms with Crippen molar-refractivity contribution >= 4 is 37.4 Å². The number of aryl methyl sites for hydroxylation is 4. The Bertz CT molecular complexity index is 956. The summed E-state index contributed by atoms with van der Waals surface area (Å²) in [6.45, 7) is 24.9. The monoisotopic (exact) mass is 686 g/mol. The first kappa shape index (κ1) is 35.3. The molecule has 0 N–H and O–H groups in total. The Kier molecular flexibility index (Phi) is 13.1. The standard InChI is InChI=1S/2C15H25OSi.C2H4.2ClH.Zr/c2*1-15(2,3)17(4,5)16-14-10-12-8-6-7-9-13(12)11-14;1-2;;;/h2*10-11H,6-9H2,1-5H3;1H,2H3;2*1H;/q2*-1;;;;+2/p-2. The summed E-state index contributed by atoms with van der Waals surface area (Å²) in [5, 5.41) is 0.565. The normalized spacial score (nSPS) is 15.5. The van der Waals surface area contributed by atoms with Crippen molar-refractivity contribution in [3.05, 3.63) is 46.5 Å². The van der Waals surface area contributed by atoms with Crippen LogP contribution in [0, 0.1) is 0 Å². The van der Waals surface area contributed by atoms with Gasteiger partial charge in [0.15, 0.2) is 0 Å². The van der Waals surface area contributed by atoms with Gasteiger partial charge in [-0.1, -0.05) is 92.9 Å². The Morgan fingerprint density at radius 2 is 1.00 bits per heavy atom. The number of fused-ring (bicyclic) bond motifs is 2. The number of rotatable bonds is 4. The van der Waals surface area contributed by atoms with Crippen molar-refractivity contribution in [3.63, 3.8) is 0 Å². The summed E-state index contributed by atoms with van der Waals surface area (Å²) in [5.41, 5.74) is 6.13. The van der Waals surface area contributed by atoms with Gasteiger partial charge >= 0.3 is 46.5 Å². The first-order valence-corrected chi connectivity index (χ1v) is 28.3. The van der Waals surface area contributed by atoms with Crippen molar-refractivity contribution in [2.75, 3.05) is 0 Å². The Morgan fingerprint density at radius 3 is 1.26 bits per heavy atom. The van der Waals surface area contributed by atoms with E-state index in [1.807, 2.05) is 10.6 Å². The van der Waals surface area contributed by atoms with Gasteiger partial charge in [-0.3, -0.25) is 0 Å². The Morgan fingerprint density at radius 1 is 0.692 bits per heavy atom. The minimum absolute atomic E-state index is 0.283. The summed E-state index contributed by atoms with van der Waals surface area (Å²) in [6, 6.07) is 9.15. The molecule has 0 heterocycles. The summed E-state index contributed by atoms with van der Waals surface area (Å²) in [7, 11) is 7.42. The van der Waals surface area contributed by atoms with Crippen LogP contribution in [0.5, 0.6) is 11.5 Å². The summed E-state index contributed by atoms with van der Waals surface area (Å²) >= 11 is -1.76. The van der Waals surface area contributed by atoms with Gasteiger partial charge in [-0.05, 0) is 47.8 Å². The molecule has 2 aliphatic carbocycles. The molecule has 2 aliphatic rings. The topological polar surface area (TPSA) is 18.5 Å². The third-order valence-electron chi connectivity index (χ3n) is 8.95. The van der Waals surface area contributed by atoms with Crippen LogP contribution in [0.15, 0.2) is 24.3 Å². The summed E-state index contributed by atoms with van der Waals surface area (Å²) < 4.78 is 14.6. The van der Waals surface area contributed by atoms with Gasteiger partial charge in [0.2, 0.25) is 16.6 Å². The van der Waals surface area contributed by atoms with Crippen LogP contribution < -0.4 is 8.85 Å². The molecular formula is C32H54Cl2O2Si2Zr-2. The molecular weight excluding hydrogens is 635 g/mol. The average Bonchev–Trinajstić information content (AvgIpc) is 3.40. The summed E-state index contributed by atoms with van der Waals surface area (Å²) in [4.78, 5) is 0. The van der Waals surface area contributed by atoms with Gasteiger partial charge in [-0.2, -0.15) is 34.4 Å². The molecule has 2 aromatic carbocycles. The molecule has 0 radical (unpaired) electrons. The second-order valence-corrected chi connectivity index (χ2v) is 32.5. The SMILES string of the molecule is CC(C)(C)[Si](C)(C)Oc1cc2c([cH-]1)CCCC2.CC(C)(C)[Si](C)(C)Oc1cc2c([cH-]1)CCCC2.C[CH]=[Zr]([Cl])[Cl]. The summed E-state index contributed by atoms with van der Waals surface area (Å²) in [5.74, 6) is 2.26.